The van der Waals surface area contributed by atoms with Crippen LogP contribution in [0.15, 0.2) is 60.7 Å². The minimum Gasteiger partial charge on any atom is -0.435 e. The van der Waals surface area contributed by atoms with Gasteiger partial charge in [-0.2, -0.15) is 9.28 Å². The highest BCUT2D eigenvalue weighted by molar-refractivity contribution is 8.14. The van der Waals surface area contributed by atoms with E-state index in [1.165, 1.54) is 11.3 Å². The second-order valence-electron chi connectivity index (χ2n) is 8.63. The molecule has 4 rings (SSSR count). The van der Waals surface area contributed by atoms with Crippen molar-refractivity contribution in [1.29, 1.82) is 0 Å². The third-order valence-corrected chi connectivity index (χ3v) is 8.74. The van der Waals surface area contributed by atoms with Crippen LogP contribution < -0.4 is 0 Å². The third-order valence-electron chi connectivity index (χ3n) is 6.47. The van der Waals surface area contributed by atoms with Crippen molar-refractivity contribution in [2.75, 3.05) is 6.54 Å². The molecule has 34 heavy (non-hydrogen) atoms. The molecule has 1 aliphatic heterocycles. The van der Waals surface area contributed by atoms with Gasteiger partial charge in [-0.3, -0.25) is 9.59 Å². The summed E-state index contributed by atoms with van der Waals surface area (Å²) in [6, 6.07) is 17.9. The Morgan fingerprint density at radius 2 is 1.76 bits per heavy atom. The number of carbonyl (C=O) groups is 4. The molecule has 0 aliphatic carbocycles. The minimum atomic E-state index is -1.16. The van der Waals surface area contributed by atoms with Gasteiger partial charge in [0, 0.05) is 34.8 Å². The maximum atomic E-state index is 13.4. The maximum Gasteiger partial charge on any atom is 0.521 e. The molecule has 2 aromatic carbocycles. The summed E-state index contributed by atoms with van der Waals surface area (Å²) in [6.07, 6.45) is -0.0315. The maximum absolute atomic E-state index is 13.4. The van der Waals surface area contributed by atoms with Gasteiger partial charge in [-0.25, -0.2) is 4.79 Å². The number of carbonyl (C=O) groups excluding carboxylic acids is 3. The van der Waals surface area contributed by atoms with E-state index in [0.717, 1.165) is 21.8 Å². The molecule has 2 heterocycles. The summed E-state index contributed by atoms with van der Waals surface area (Å²) in [5.74, 6) is -0.594. The van der Waals surface area contributed by atoms with Crippen LogP contribution in [0.5, 0.6) is 0 Å². The molecule has 6 nitrogen and oxygen atoms in total. The van der Waals surface area contributed by atoms with Gasteiger partial charge in [-0.15, -0.1) is 11.3 Å². The normalized spacial score (nSPS) is 20.8. The Morgan fingerprint density at radius 3 is 2.41 bits per heavy atom. The molecule has 1 saturated heterocycles. The third kappa shape index (κ3) is 4.85. The Kier molecular flexibility index (Phi) is 7.30. The predicted molar refractivity (Wildman–Crippen MR) is 134 cm³/mol. The lowest BCUT2D eigenvalue weighted by Gasteiger charge is -2.30. The van der Waals surface area contributed by atoms with E-state index in [1.807, 2.05) is 36.4 Å². The number of ketones is 1. The standard InChI is InChI=1S/C26H25NO5S2/c1-17-8-7-13-27(17,26(31)32)24(29)16-20(33-25(30)18-9-3-2-4-10-18)15-21(28)23-14-19-11-5-6-12-22(19)34-23/h2-6,9-12,14,17,20H,7-8,13,15-16H2,1H3/p+1/t17-,20?,27?/m1/s1. The second kappa shape index (κ2) is 10.2. The zero-order chi connectivity index (χ0) is 24.3. The Balaban J connectivity index is 1.58. The molecule has 3 aromatic rings. The zero-order valence-electron chi connectivity index (χ0n) is 18.8. The molecule has 1 aromatic heterocycles. The SMILES string of the molecule is C[C@@H]1CCC[N+]1(C(=O)O)C(=O)CC(CC(=O)c1cc2ccccc2s1)SC(=O)c1ccccc1. The largest absolute Gasteiger partial charge is 0.521 e. The van der Waals surface area contributed by atoms with Crippen LogP contribution >= 0.6 is 23.1 Å². The molecule has 1 aliphatic rings. The second-order valence-corrected chi connectivity index (χ2v) is 11.0. The monoisotopic (exact) mass is 496 g/mol. The number of imide groups is 1. The van der Waals surface area contributed by atoms with E-state index in [4.69, 9.17) is 0 Å². The molecule has 1 N–H and O–H groups in total. The lowest BCUT2D eigenvalue weighted by molar-refractivity contribution is -0.792. The van der Waals surface area contributed by atoms with Crippen molar-refractivity contribution in [3.05, 3.63) is 71.1 Å². The van der Waals surface area contributed by atoms with E-state index in [0.29, 0.717) is 23.3 Å². The van der Waals surface area contributed by atoms with E-state index in [-0.39, 0.29) is 36.3 Å². The van der Waals surface area contributed by atoms with Gasteiger partial charge in [0.1, 0.15) is 6.04 Å². The zero-order valence-corrected chi connectivity index (χ0v) is 20.4. The molecule has 3 atom stereocenters. The summed E-state index contributed by atoms with van der Waals surface area (Å²) < 4.78 is 0.362. The summed E-state index contributed by atoms with van der Waals surface area (Å²) in [7, 11) is 0. The molecular formula is C26H26NO5S2+. The highest BCUT2D eigenvalue weighted by atomic mass is 32.2. The number of benzene rings is 2. The number of carboxylic acid groups (broad SMARTS) is 1. The van der Waals surface area contributed by atoms with Gasteiger partial charge in [-0.1, -0.05) is 60.3 Å². The van der Waals surface area contributed by atoms with Crippen molar-refractivity contribution >= 4 is 56.1 Å². The molecule has 0 spiro atoms. The van der Waals surface area contributed by atoms with E-state index in [2.05, 4.69) is 0 Å². The Morgan fingerprint density at radius 1 is 1.06 bits per heavy atom. The highest BCUT2D eigenvalue weighted by Crippen LogP contribution is 2.34. The first kappa shape index (κ1) is 24.3. The summed E-state index contributed by atoms with van der Waals surface area (Å²) in [5.41, 5.74) is 0.482. The molecule has 0 bridgehead atoms. The summed E-state index contributed by atoms with van der Waals surface area (Å²) >= 11 is 2.33. The number of likely N-dealkylation sites (tertiary alicyclic amines) is 1. The van der Waals surface area contributed by atoms with Gasteiger partial charge in [0.15, 0.2) is 5.78 Å². The van der Waals surface area contributed by atoms with Gasteiger partial charge in [0.2, 0.25) is 5.12 Å². The fourth-order valence-electron chi connectivity index (χ4n) is 4.57. The number of hydrogen-bond donors (Lipinski definition) is 1. The average molecular weight is 497 g/mol. The topological polar surface area (TPSA) is 88.5 Å². The fraction of sp³-hybridized carbons (Fsp3) is 0.308. The van der Waals surface area contributed by atoms with Crippen LogP contribution in [0, 0.1) is 0 Å². The van der Waals surface area contributed by atoms with E-state index < -0.39 is 21.7 Å². The number of quaternary nitrogens is 1. The van der Waals surface area contributed by atoms with Crippen molar-refractivity contribution in [2.24, 2.45) is 0 Å². The van der Waals surface area contributed by atoms with Crippen LogP contribution in [0.1, 0.15) is 52.6 Å². The number of thioether (sulfide) groups is 1. The number of Topliss-reactive ketones (excluding diaryl/α,β-unsaturated/α-hetero) is 1. The van der Waals surface area contributed by atoms with Crippen LogP contribution in [0.3, 0.4) is 0 Å². The molecule has 8 heteroatoms. The number of nitrogens with zero attached hydrogens (tertiary/aromatic N) is 1. The van der Waals surface area contributed by atoms with Crippen LogP contribution in [-0.4, -0.2) is 50.3 Å². The lowest BCUT2D eigenvalue weighted by Crippen LogP contribution is -2.59. The molecule has 2 unspecified atom stereocenters. The molecule has 1 fully saturated rings. The first-order valence-corrected chi connectivity index (χ1v) is 12.9. The smallest absolute Gasteiger partial charge is 0.435 e. The first-order chi connectivity index (χ1) is 16.3. The quantitative estimate of drug-likeness (QED) is 0.318. The summed E-state index contributed by atoms with van der Waals surface area (Å²) in [4.78, 5) is 52.2. The van der Waals surface area contributed by atoms with E-state index in [9.17, 15) is 24.3 Å². The van der Waals surface area contributed by atoms with Gasteiger partial charge < -0.3 is 5.11 Å². The van der Waals surface area contributed by atoms with Crippen LogP contribution in [0.4, 0.5) is 4.79 Å². The Bertz CT molecular complexity index is 1210. The molecule has 0 saturated carbocycles. The number of rotatable bonds is 7. The number of fused-ring (bicyclic) bond motifs is 1. The van der Waals surface area contributed by atoms with Crippen molar-refractivity contribution in [2.45, 2.75) is 43.9 Å². The molecule has 2 amide bonds. The first-order valence-electron chi connectivity index (χ1n) is 11.2. The van der Waals surface area contributed by atoms with Gasteiger partial charge in [0.25, 0.3) is 0 Å². The van der Waals surface area contributed by atoms with Crippen LogP contribution in [-0.2, 0) is 4.79 Å². The van der Waals surface area contributed by atoms with Crippen molar-refractivity contribution in [3.8, 4) is 0 Å². The fourth-order valence-corrected chi connectivity index (χ4v) is 6.62. The lowest BCUT2D eigenvalue weighted by atomic mass is 10.1. The number of amides is 2. The van der Waals surface area contributed by atoms with Crippen LogP contribution in [0.25, 0.3) is 10.1 Å². The molecule has 176 valence electrons. The van der Waals surface area contributed by atoms with Crippen molar-refractivity contribution < 1.29 is 28.8 Å². The molecule has 0 radical (unpaired) electrons. The van der Waals surface area contributed by atoms with Gasteiger partial charge in [-0.05, 0) is 24.4 Å². The van der Waals surface area contributed by atoms with Crippen molar-refractivity contribution in [3.63, 3.8) is 0 Å². The average Bonchev–Trinajstić information content (AvgIpc) is 3.43. The van der Waals surface area contributed by atoms with Gasteiger partial charge in [0.05, 0.1) is 17.8 Å². The Hall–Kier alpha value is -2.81. The minimum absolute atomic E-state index is 0.0181. The summed E-state index contributed by atoms with van der Waals surface area (Å²) in [6.45, 7) is 2.02. The predicted octanol–water partition coefficient (Wildman–Crippen LogP) is 6.01. The number of hydrogen-bond acceptors (Lipinski definition) is 6. The Labute approximate surface area is 206 Å². The van der Waals surface area contributed by atoms with E-state index in [1.54, 1.807) is 31.2 Å². The van der Waals surface area contributed by atoms with Crippen LogP contribution in [0.2, 0.25) is 0 Å². The van der Waals surface area contributed by atoms with Crippen molar-refractivity contribution in [1.82, 2.24) is 0 Å². The number of thiophene rings is 1. The highest BCUT2D eigenvalue weighted by Gasteiger charge is 2.53. The van der Waals surface area contributed by atoms with E-state index >= 15 is 0 Å². The molecular weight excluding hydrogens is 470 g/mol. The van der Waals surface area contributed by atoms with Gasteiger partial charge >= 0.3 is 12.0 Å². The summed E-state index contributed by atoms with van der Waals surface area (Å²) in [5, 5.41) is 10.0.